The molecule has 1 aliphatic rings. The Morgan fingerprint density at radius 1 is 1.26 bits per heavy atom. The third kappa shape index (κ3) is 4.88. The van der Waals surface area contributed by atoms with Crippen molar-refractivity contribution in [2.24, 2.45) is 0 Å². The molecule has 3 aromatic rings. The summed E-state index contributed by atoms with van der Waals surface area (Å²) in [5.74, 6) is -0.0415. The SMILES string of the molecule is C=CCNC(=O)C(CC)Oc1ccc2c(c1)C(c1ccc(F)cc1)N(C(=O)c1ccco1)CC2. The van der Waals surface area contributed by atoms with Crippen molar-refractivity contribution >= 4 is 11.8 Å². The summed E-state index contributed by atoms with van der Waals surface area (Å²) in [5, 5.41) is 2.76. The van der Waals surface area contributed by atoms with Crippen molar-refractivity contribution in [1.29, 1.82) is 0 Å². The lowest BCUT2D eigenvalue weighted by Gasteiger charge is -2.37. The van der Waals surface area contributed by atoms with Crippen molar-refractivity contribution in [3.8, 4) is 5.75 Å². The summed E-state index contributed by atoms with van der Waals surface area (Å²) < 4.78 is 25.1. The summed E-state index contributed by atoms with van der Waals surface area (Å²) in [7, 11) is 0. The highest BCUT2D eigenvalue weighted by Crippen LogP contribution is 2.38. The molecule has 2 unspecified atom stereocenters. The Labute approximate surface area is 198 Å². The maximum atomic E-state index is 13.7. The molecule has 176 valence electrons. The van der Waals surface area contributed by atoms with Crippen molar-refractivity contribution in [1.82, 2.24) is 10.2 Å². The normalized spacial score (nSPS) is 15.8. The van der Waals surface area contributed by atoms with Crippen LogP contribution in [0.3, 0.4) is 0 Å². The predicted molar refractivity (Wildman–Crippen MR) is 126 cm³/mol. The van der Waals surface area contributed by atoms with E-state index in [4.69, 9.17) is 9.15 Å². The number of hydrogen-bond acceptors (Lipinski definition) is 4. The third-order valence-corrected chi connectivity index (χ3v) is 5.89. The molecule has 2 atom stereocenters. The van der Waals surface area contributed by atoms with Gasteiger partial charge in [-0.25, -0.2) is 4.39 Å². The number of ether oxygens (including phenoxy) is 1. The molecule has 0 spiro atoms. The van der Waals surface area contributed by atoms with E-state index >= 15 is 0 Å². The van der Waals surface area contributed by atoms with Crippen LogP contribution < -0.4 is 10.1 Å². The van der Waals surface area contributed by atoms with E-state index in [0.29, 0.717) is 31.7 Å². The molecule has 1 N–H and O–H groups in total. The Morgan fingerprint density at radius 3 is 2.74 bits per heavy atom. The second kappa shape index (κ2) is 10.4. The number of halogens is 1. The fourth-order valence-electron chi connectivity index (χ4n) is 4.20. The van der Waals surface area contributed by atoms with E-state index in [1.807, 2.05) is 25.1 Å². The number of carbonyl (C=O) groups excluding carboxylic acids is 2. The van der Waals surface area contributed by atoms with Gasteiger partial charge in [-0.1, -0.05) is 31.2 Å². The number of hydrogen-bond donors (Lipinski definition) is 1. The molecule has 0 aliphatic carbocycles. The molecule has 4 rings (SSSR count). The molecule has 6 nitrogen and oxygen atoms in total. The van der Waals surface area contributed by atoms with Gasteiger partial charge < -0.3 is 19.4 Å². The number of nitrogens with zero attached hydrogens (tertiary/aromatic N) is 1. The quantitative estimate of drug-likeness (QED) is 0.494. The fourth-order valence-corrected chi connectivity index (χ4v) is 4.20. The molecule has 2 aromatic carbocycles. The maximum Gasteiger partial charge on any atom is 0.290 e. The van der Waals surface area contributed by atoms with Crippen LogP contribution in [-0.4, -0.2) is 35.9 Å². The van der Waals surface area contributed by atoms with Gasteiger partial charge in [0.05, 0.1) is 12.3 Å². The second-order valence-corrected chi connectivity index (χ2v) is 8.09. The van der Waals surface area contributed by atoms with Crippen molar-refractivity contribution in [2.75, 3.05) is 13.1 Å². The van der Waals surface area contributed by atoms with E-state index in [2.05, 4.69) is 11.9 Å². The van der Waals surface area contributed by atoms with Gasteiger partial charge in [0.15, 0.2) is 11.9 Å². The Kier molecular flexibility index (Phi) is 7.11. The van der Waals surface area contributed by atoms with Gasteiger partial charge in [-0.15, -0.1) is 6.58 Å². The number of rotatable bonds is 8. The van der Waals surface area contributed by atoms with Crippen molar-refractivity contribution in [3.63, 3.8) is 0 Å². The van der Waals surface area contributed by atoms with E-state index in [0.717, 1.165) is 16.7 Å². The predicted octanol–water partition coefficient (Wildman–Crippen LogP) is 4.67. The van der Waals surface area contributed by atoms with Gasteiger partial charge in [-0.05, 0) is 65.9 Å². The zero-order valence-corrected chi connectivity index (χ0v) is 19.0. The zero-order valence-electron chi connectivity index (χ0n) is 19.0. The number of carbonyl (C=O) groups is 2. The average Bonchev–Trinajstić information content (AvgIpc) is 3.40. The number of fused-ring (bicyclic) bond motifs is 1. The Balaban J connectivity index is 1.70. The Bertz CT molecular complexity index is 1160. The minimum atomic E-state index is -0.660. The lowest BCUT2D eigenvalue weighted by Crippen LogP contribution is -2.40. The fraction of sp³-hybridized carbons (Fsp3) is 0.259. The van der Waals surface area contributed by atoms with Gasteiger partial charge in [0.2, 0.25) is 0 Å². The molecule has 34 heavy (non-hydrogen) atoms. The molecule has 1 aromatic heterocycles. The highest BCUT2D eigenvalue weighted by Gasteiger charge is 2.34. The molecule has 1 aliphatic heterocycles. The van der Waals surface area contributed by atoms with E-state index in [1.54, 1.807) is 35.2 Å². The van der Waals surface area contributed by atoms with E-state index < -0.39 is 12.1 Å². The van der Waals surface area contributed by atoms with Gasteiger partial charge in [0.1, 0.15) is 11.6 Å². The third-order valence-electron chi connectivity index (χ3n) is 5.89. The number of furan rings is 1. The van der Waals surface area contributed by atoms with Crippen LogP contribution in [0, 0.1) is 5.82 Å². The molecule has 0 saturated carbocycles. The monoisotopic (exact) mass is 462 g/mol. The summed E-state index contributed by atoms with van der Waals surface area (Å²) >= 11 is 0. The second-order valence-electron chi connectivity index (χ2n) is 8.09. The van der Waals surface area contributed by atoms with Gasteiger partial charge in [-0.2, -0.15) is 0 Å². The first-order valence-corrected chi connectivity index (χ1v) is 11.3. The molecule has 0 bridgehead atoms. The van der Waals surface area contributed by atoms with Crippen LogP contribution in [0.2, 0.25) is 0 Å². The van der Waals surface area contributed by atoms with Crippen LogP contribution in [0.15, 0.2) is 77.9 Å². The van der Waals surface area contributed by atoms with Crippen molar-refractivity contribution < 1.29 is 23.1 Å². The van der Waals surface area contributed by atoms with Gasteiger partial charge in [0, 0.05) is 13.1 Å². The molecule has 2 amide bonds. The summed E-state index contributed by atoms with van der Waals surface area (Å²) in [5.41, 5.74) is 2.71. The first-order valence-electron chi connectivity index (χ1n) is 11.3. The van der Waals surface area contributed by atoms with Gasteiger partial charge >= 0.3 is 0 Å². The highest BCUT2D eigenvalue weighted by molar-refractivity contribution is 5.92. The van der Waals surface area contributed by atoms with Crippen LogP contribution in [0.4, 0.5) is 4.39 Å². The molecular formula is C27H27FN2O4. The number of amides is 2. The maximum absolute atomic E-state index is 13.7. The van der Waals surface area contributed by atoms with E-state index in [-0.39, 0.29) is 23.4 Å². The summed E-state index contributed by atoms with van der Waals surface area (Å²) in [6, 6.07) is 14.7. The minimum absolute atomic E-state index is 0.218. The molecular weight excluding hydrogens is 435 g/mol. The summed E-state index contributed by atoms with van der Waals surface area (Å²) in [6.45, 7) is 6.33. The molecule has 7 heteroatoms. The highest BCUT2D eigenvalue weighted by atomic mass is 19.1. The largest absolute Gasteiger partial charge is 0.481 e. The number of benzene rings is 2. The van der Waals surface area contributed by atoms with Crippen LogP contribution in [-0.2, 0) is 11.2 Å². The van der Waals surface area contributed by atoms with Crippen LogP contribution in [0.1, 0.15) is 46.6 Å². The first-order chi connectivity index (χ1) is 16.5. The van der Waals surface area contributed by atoms with Crippen molar-refractivity contribution in [2.45, 2.75) is 31.9 Å². The lowest BCUT2D eigenvalue weighted by molar-refractivity contribution is -0.127. The smallest absolute Gasteiger partial charge is 0.290 e. The molecule has 0 saturated heterocycles. The topological polar surface area (TPSA) is 71.8 Å². The zero-order chi connectivity index (χ0) is 24.1. The lowest BCUT2D eigenvalue weighted by atomic mass is 9.87. The van der Waals surface area contributed by atoms with Crippen LogP contribution in [0.25, 0.3) is 0 Å². The van der Waals surface area contributed by atoms with E-state index in [1.165, 1.54) is 18.4 Å². The molecule has 0 radical (unpaired) electrons. The minimum Gasteiger partial charge on any atom is -0.481 e. The molecule has 0 fully saturated rings. The summed E-state index contributed by atoms with van der Waals surface area (Å²) in [4.78, 5) is 27.4. The van der Waals surface area contributed by atoms with Crippen molar-refractivity contribution in [3.05, 3.63) is 102 Å². The van der Waals surface area contributed by atoms with Gasteiger partial charge in [0.25, 0.3) is 11.8 Å². The van der Waals surface area contributed by atoms with Crippen LogP contribution >= 0.6 is 0 Å². The Morgan fingerprint density at radius 2 is 2.06 bits per heavy atom. The van der Waals surface area contributed by atoms with Crippen LogP contribution in [0.5, 0.6) is 5.75 Å². The van der Waals surface area contributed by atoms with E-state index in [9.17, 15) is 14.0 Å². The average molecular weight is 463 g/mol. The standard InChI is InChI=1S/C27H27FN2O4/c1-3-14-29-26(31)23(4-2)34-21-12-9-18-13-15-30(27(32)24-6-5-16-33-24)25(22(18)17-21)19-7-10-20(28)11-8-19/h3,5-12,16-17,23,25H,1,4,13-15H2,2H3,(H,29,31). The van der Waals surface area contributed by atoms with Gasteiger partial charge in [-0.3, -0.25) is 9.59 Å². The first kappa shape index (κ1) is 23.3. The Hall–Kier alpha value is -3.87. The molecule has 2 heterocycles. The number of nitrogens with one attached hydrogen (secondary N) is 1. The summed E-state index contributed by atoms with van der Waals surface area (Å²) in [6.07, 6.45) is 3.56.